The first-order valence-electron chi connectivity index (χ1n) is 6.87. The largest absolute Gasteiger partial charge is 0.320 e. The molecule has 3 nitrogen and oxygen atoms in total. The van der Waals surface area contributed by atoms with Crippen molar-refractivity contribution < 1.29 is 13.6 Å². The van der Waals surface area contributed by atoms with Gasteiger partial charge >= 0.3 is 0 Å². The van der Waals surface area contributed by atoms with Gasteiger partial charge in [0.15, 0.2) is 0 Å². The fourth-order valence-electron chi connectivity index (χ4n) is 1.98. The van der Waals surface area contributed by atoms with Gasteiger partial charge < -0.3 is 10.2 Å². The van der Waals surface area contributed by atoms with Crippen LogP contribution in [-0.2, 0) is 4.79 Å². The van der Waals surface area contributed by atoms with Crippen molar-refractivity contribution in [2.24, 2.45) is 0 Å². The summed E-state index contributed by atoms with van der Waals surface area (Å²) >= 11 is 0. The van der Waals surface area contributed by atoms with E-state index in [0.29, 0.717) is 17.8 Å². The molecule has 1 amide bonds. The zero-order valence-corrected chi connectivity index (χ0v) is 12.6. The molecule has 0 saturated carbocycles. The first-order chi connectivity index (χ1) is 10.5. The van der Waals surface area contributed by atoms with Crippen LogP contribution in [0, 0.1) is 0 Å². The molecule has 0 saturated heterocycles. The first kappa shape index (κ1) is 17.8. The van der Waals surface area contributed by atoms with Crippen molar-refractivity contribution in [3.05, 3.63) is 60.7 Å². The van der Waals surface area contributed by atoms with Gasteiger partial charge in [0.1, 0.15) is 11.7 Å². The first-order valence-corrected chi connectivity index (χ1v) is 6.87. The highest BCUT2D eigenvalue weighted by atomic mass is 19.1. The Morgan fingerprint density at radius 3 is 2.36 bits per heavy atom. The van der Waals surface area contributed by atoms with E-state index in [4.69, 9.17) is 0 Å². The highest BCUT2D eigenvalue weighted by Crippen LogP contribution is 2.26. The Labute approximate surface area is 129 Å². The summed E-state index contributed by atoms with van der Waals surface area (Å²) in [6.45, 7) is 7.66. The summed E-state index contributed by atoms with van der Waals surface area (Å²) in [5, 5.41) is 3.01. The topological polar surface area (TPSA) is 32.3 Å². The maximum absolute atomic E-state index is 13.4. The van der Waals surface area contributed by atoms with E-state index in [2.05, 4.69) is 18.5 Å². The number of rotatable bonds is 9. The van der Waals surface area contributed by atoms with Crippen LogP contribution in [0.2, 0.25) is 0 Å². The molecule has 0 bridgehead atoms. The number of carbonyl (C=O) groups excluding carboxylic acids is 1. The van der Waals surface area contributed by atoms with E-state index >= 15 is 0 Å². The molecular formula is C17H20F2N2O. The molecule has 0 unspecified atom stereocenters. The Morgan fingerprint density at radius 2 is 1.91 bits per heavy atom. The molecule has 1 N–H and O–H groups in total. The molecule has 1 aromatic rings. The van der Waals surface area contributed by atoms with Crippen molar-refractivity contribution >= 4 is 17.7 Å². The fraction of sp³-hybridized carbons (Fsp3) is 0.235. The SMILES string of the molecule is C=C(F)/C=C(\C(=C)F)c1ccc(N(C=O)CCCNC)cc1. The van der Waals surface area contributed by atoms with E-state index in [1.165, 1.54) is 0 Å². The standard InChI is InChI=1S/C17H20F2N2O/c1-13(18)11-17(14(2)19)15-5-7-16(8-6-15)21(12-22)10-4-9-20-3/h5-8,11-12,20H,1-2,4,9-10H2,3H3/b17-11+. The second-order valence-electron chi connectivity index (χ2n) is 4.71. The highest BCUT2D eigenvalue weighted by Gasteiger charge is 2.09. The number of halogens is 2. The number of anilines is 1. The number of nitrogens with one attached hydrogen (secondary N) is 1. The number of nitrogens with zero attached hydrogens (tertiary/aromatic N) is 1. The number of benzene rings is 1. The second-order valence-corrected chi connectivity index (χ2v) is 4.71. The minimum absolute atomic E-state index is 0.0342. The number of allylic oxidation sites excluding steroid dienone is 4. The lowest BCUT2D eigenvalue weighted by Gasteiger charge is -2.18. The minimum atomic E-state index is -0.750. The van der Waals surface area contributed by atoms with Crippen LogP contribution in [0.5, 0.6) is 0 Å². The van der Waals surface area contributed by atoms with Crippen molar-refractivity contribution in [2.75, 3.05) is 25.0 Å². The monoisotopic (exact) mass is 306 g/mol. The van der Waals surface area contributed by atoms with Crippen molar-refractivity contribution in [3.8, 4) is 0 Å². The molecule has 0 aromatic heterocycles. The van der Waals surface area contributed by atoms with E-state index in [0.717, 1.165) is 25.5 Å². The van der Waals surface area contributed by atoms with Crippen LogP contribution in [-0.4, -0.2) is 26.5 Å². The van der Waals surface area contributed by atoms with Gasteiger partial charge in [-0.05, 0) is 43.8 Å². The van der Waals surface area contributed by atoms with Crippen LogP contribution in [0.25, 0.3) is 5.57 Å². The van der Waals surface area contributed by atoms with Gasteiger partial charge in [0.05, 0.1) is 0 Å². The van der Waals surface area contributed by atoms with Crippen LogP contribution in [0.1, 0.15) is 12.0 Å². The number of amides is 1. The minimum Gasteiger partial charge on any atom is -0.320 e. The molecule has 1 rings (SSSR count). The molecule has 0 atom stereocenters. The average molecular weight is 306 g/mol. The summed E-state index contributed by atoms with van der Waals surface area (Å²) in [6.07, 6.45) is 2.55. The maximum Gasteiger partial charge on any atom is 0.214 e. The van der Waals surface area contributed by atoms with E-state index in [9.17, 15) is 13.6 Å². The van der Waals surface area contributed by atoms with Gasteiger partial charge in [0.25, 0.3) is 0 Å². The molecule has 0 radical (unpaired) electrons. The molecule has 1 aromatic carbocycles. The van der Waals surface area contributed by atoms with Gasteiger partial charge in [-0.25, -0.2) is 8.78 Å². The van der Waals surface area contributed by atoms with Gasteiger partial charge in [-0.1, -0.05) is 25.3 Å². The third kappa shape index (κ3) is 5.26. The molecule has 0 fully saturated rings. The predicted octanol–water partition coefficient (Wildman–Crippen LogP) is 3.61. The van der Waals surface area contributed by atoms with Gasteiger partial charge in [-0.2, -0.15) is 0 Å². The Hall–Kier alpha value is -2.27. The lowest BCUT2D eigenvalue weighted by atomic mass is 10.0. The van der Waals surface area contributed by atoms with E-state index in [-0.39, 0.29) is 5.57 Å². The second kappa shape index (κ2) is 8.89. The Bertz CT molecular complexity index is 565. The highest BCUT2D eigenvalue weighted by molar-refractivity contribution is 5.80. The third-order valence-corrected chi connectivity index (χ3v) is 3.06. The molecule has 22 heavy (non-hydrogen) atoms. The smallest absolute Gasteiger partial charge is 0.214 e. The lowest BCUT2D eigenvalue weighted by Crippen LogP contribution is -2.25. The van der Waals surface area contributed by atoms with Gasteiger partial charge in [-0.15, -0.1) is 0 Å². The zero-order chi connectivity index (χ0) is 16.5. The Morgan fingerprint density at radius 1 is 1.27 bits per heavy atom. The summed E-state index contributed by atoms with van der Waals surface area (Å²) in [4.78, 5) is 12.7. The fourth-order valence-corrected chi connectivity index (χ4v) is 1.98. The Kier molecular flexibility index (Phi) is 7.19. The van der Waals surface area contributed by atoms with Crippen molar-refractivity contribution in [3.63, 3.8) is 0 Å². The summed E-state index contributed by atoms with van der Waals surface area (Å²) in [5.41, 5.74) is 1.20. The van der Waals surface area contributed by atoms with Gasteiger partial charge in [0, 0.05) is 17.8 Å². The predicted molar refractivity (Wildman–Crippen MR) is 86.9 cm³/mol. The van der Waals surface area contributed by atoms with Crippen LogP contribution in [0.4, 0.5) is 14.5 Å². The van der Waals surface area contributed by atoms with E-state index < -0.39 is 11.7 Å². The summed E-state index contributed by atoms with van der Waals surface area (Å²) in [7, 11) is 1.84. The molecular weight excluding hydrogens is 286 g/mol. The van der Waals surface area contributed by atoms with Crippen LogP contribution >= 0.6 is 0 Å². The van der Waals surface area contributed by atoms with Crippen molar-refractivity contribution in [2.45, 2.75) is 6.42 Å². The van der Waals surface area contributed by atoms with Gasteiger partial charge in [-0.3, -0.25) is 4.79 Å². The van der Waals surface area contributed by atoms with Crippen LogP contribution in [0.15, 0.2) is 55.2 Å². The maximum atomic E-state index is 13.4. The molecule has 5 heteroatoms. The normalized spacial score (nSPS) is 11.1. The molecule has 0 aliphatic carbocycles. The number of hydrogen-bond acceptors (Lipinski definition) is 2. The number of carbonyl (C=O) groups is 1. The lowest BCUT2D eigenvalue weighted by molar-refractivity contribution is -0.107. The summed E-state index contributed by atoms with van der Waals surface area (Å²) in [6, 6.07) is 6.59. The van der Waals surface area contributed by atoms with Crippen LogP contribution < -0.4 is 10.2 Å². The molecule has 0 spiro atoms. The van der Waals surface area contributed by atoms with Crippen molar-refractivity contribution in [1.82, 2.24) is 5.32 Å². The van der Waals surface area contributed by atoms with E-state index in [1.54, 1.807) is 29.2 Å². The molecule has 118 valence electrons. The molecule has 0 heterocycles. The summed E-state index contributed by atoms with van der Waals surface area (Å²) < 4.78 is 26.3. The zero-order valence-electron chi connectivity index (χ0n) is 12.6. The quantitative estimate of drug-likeness (QED) is 0.429. The van der Waals surface area contributed by atoms with E-state index in [1.807, 2.05) is 7.05 Å². The summed E-state index contributed by atoms with van der Waals surface area (Å²) in [5.74, 6) is -1.49. The molecule has 0 aliphatic rings. The van der Waals surface area contributed by atoms with Crippen molar-refractivity contribution in [1.29, 1.82) is 0 Å². The average Bonchev–Trinajstić information content (AvgIpc) is 2.49. The van der Waals surface area contributed by atoms with Gasteiger partial charge in [0.2, 0.25) is 6.41 Å². The third-order valence-electron chi connectivity index (χ3n) is 3.06. The number of hydrogen-bond donors (Lipinski definition) is 1. The van der Waals surface area contributed by atoms with Crippen LogP contribution in [0.3, 0.4) is 0 Å². The molecule has 0 aliphatic heterocycles. The Balaban J connectivity index is 2.94.